The van der Waals surface area contributed by atoms with Gasteiger partial charge in [0.15, 0.2) is 0 Å². The second-order valence-electron chi connectivity index (χ2n) is 5.35. The van der Waals surface area contributed by atoms with E-state index in [9.17, 15) is 5.11 Å². The van der Waals surface area contributed by atoms with E-state index in [4.69, 9.17) is 9.15 Å². The molecular formula is C17H20O3. The molecule has 2 heterocycles. The fourth-order valence-corrected chi connectivity index (χ4v) is 2.64. The van der Waals surface area contributed by atoms with Gasteiger partial charge in [-0.15, -0.1) is 0 Å². The monoisotopic (exact) mass is 272 g/mol. The van der Waals surface area contributed by atoms with Crippen LogP contribution in [0.2, 0.25) is 0 Å². The number of hydrogen-bond acceptors (Lipinski definition) is 3. The first-order chi connectivity index (χ1) is 9.81. The first-order valence-corrected chi connectivity index (χ1v) is 7.26. The van der Waals surface area contributed by atoms with E-state index in [-0.39, 0.29) is 6.10 Å². The van der Waals surface area contributed by atoms with E-state index in [1.165, 1.54) is 11.1 Å². The van der Waals surface area contributed by atoms with Crippen molar-refractivity contribution in [1.82, 2.24) is 0 Å². The van der Waals surface area contributed by atoms with Crippen LogP contribution in [0.25, 0.3) is 0 Å². The highest BCUT2D eigenvalue weighted by Crippen LogP contribution is 2.26. The molecular weight excluding hydrogens is 252 g/mol. The summed E-state index contributed by atoms with van der Waals surface area (Å²) in [6, 6.07) is 10.2. The Bertz CT molecular complexity index is 545. The Balaban J connectivity index is 1.46. The molecule has 1 aliphatic rings. The molecule has 0 radical (unpaired) electrons. The lowest BCUT2D eigenvalue weighted by Crippen LogP contribution is -2.09. The van der Waals surface area contributed by atoms with Crippen molar-refractivity contribution >= 4 is 0 Å². The molecule has 0 spiro atoms. The zero-order valence-electron chi connectivity index (χ0n) is 11.5. The number of ether oxygens (including phenoxy) is 1. The van der Waals surface area contributed by atoms with Gasteiger partial charge < -0.3 is 14.3 Å². The number of fused-ring (bicyclic) bond motifs is 1. The van der Waals surface area contributed by atoms with Crippen molar-refractivity contribution in [3.8, 4) is 5.75 Å². The Labute approximate surface area is 119 Å². The van der Waals surface area contributed by atoms with Gasteiger partial charge >= 0.3 is 0 Å². The maximum Gasteiger partial charge on any atom is 0.122 e. The molecule has 0 saturated carbocycles. The number of furan rings is 1. The molecule has 1 aromatic heterocycles. The molecule has 3 nitrogen and oxygen atoms in total. The Morgan fingerprint density at radius 2 is 2.05 bits per heavy atom. The minimum absolute atomic E-state index is 0.274. The van der Waals surface area contributed by atoms with E-state index >= 15 is 0 Å². The summed E-state index contributed by atoms with van der Waals surface area (Å²) in [5, 5.41) is 10.0. The maximum absolute atomic E-state index is 10.0. The van der Waals surface area contributed by atoms with Crippen molar-refractivity contribution in [2.75, 3.05) is 6.61 Å². The lowest BCUT2D eigenvalue weighted by Gasteiger charge is -2.10. The average molecular weight is 272 g/mol. The van der Waals surface area contributed by atoms with Crippen LogP contribution >= 0.6 is 0 Å². The average Bonchev–Trinajstić information content (AvgIpc) is 3.13. The molecule has 1 N–H and O–H groups in total. The van der Waals surface area contributed by atoms with E-state index in [1.54, 1.807) is 6.26 Å². The summed E-state index contributed by atoms with van der Waals surface area (Å²) < 4.78 is 10.8. The van der Waals surface area contributed by atoms with Crippen LogP contribution < -0.4 is 4.74 Å². The van der Waals surface area contributed by atoms with E-state index < -0.39 is 0 Å². The Morgan fingerprint density at radius 1 is 1.15 bits per heavy atom. The minimum Gasteiger partial charge on any atom is -0.493 e. The molecule has 1 atom stereocenters. The molecule has 20 heavy (non-hydrogen) atoms. The summed E-state index contributed by atoms with van der Waals surface area (Å²) in [5.41, 5.74) is 2.58. The maximum atomic E-state index is 10.0. The third-order valence-electron chi connectivity index (χ3n) is 3.82. The molecule has 0 aliphatic carbocycles. The van der Waals surface area contributed by atoms with Crippen molar-refractivity contribution in [2.45, 2.75) is 38.2 Å². The van der Waals surface area contributed by atoms with Gasteiger partial charge in [0.25, 0.3) is 0 Å². The van der Waals surface area contributed by atoms with Gasteiger partial charge in [0.1, 0.15) is 11.5 Å². The first-order valence-electron chi connectivity index (χ1n) is 7.26. The first kappa shape index (κ1) is 13.3. The van der Waals surface area contributed by atoms with Crippen molar-refractivity contribution in [3.63, 3.8) is 0 Å². The van der Waals surface area contributed by atoms with Gasteiger partial charge in [-0.3, -0.25) is 0 Å². The molecule has 2 aromatic rings. The van der Waals surface area contributed by atoms with Crippen LogP contribution in [0.4, 0.5) is 0 Å². The largest absolute Gasteiger partial charge is 0.493 e. The van der Waals surface area contributed by atoms with Crippen molar-refractivity contribution in [1.29, 1.82) is 0 Å². The molecule has 0 amide bonds. The van der Waals surface area contributed by atoms with E-state index in [1.807, 2.05) is 18.2 Å². The molecule has 106 valence electrons. The van der Waals surface area contributed by atoms with Crippen LogP contribution in [0.1, 0.15) is 29.7 Å². The topological polar surface area (TPSA) is 42.6 Å². The van der Waals surface area contributed by atoms with Crippen molar-refractivity contribution < 1.29 is 14.3 Å². The Morgan fingerprint density at radius 3 is 2.90 bits per heavy atom. The van der Waals surface area contributed by atoms with Crippen molar-refractivity contribution in [3.05, 3.63) is 53.5 Å². The van der Waals surface area contributed by atoms with Gasteiger partial charge in [-0.25, -0.2) is 0 Å². The Kier molecular flexibility index (Phi) is 4.07. The number of hydrogen-bond donors (Lipinski definition) is 1. The second-order valence-corrected chi connectivity index (χ2v) is 5.35. The van der Waals surface area contributed by atoms with Gasteiger partial charge in [-0.2, -0.15) is 0 Å². The predicted octanol–water partition coefficient (Wildman–Crippen LogP) is 3.14. The van der Waals surface area contributed by atoms with Crippen LogP contribution in [0.5, 0.6) is 5.75 Å². The summed E-state index contributed by atoms with van der Waals surface area (Å²) in [7, 11) is 0. The van der Waals surface area contributed by atoms with Crippen molar-refractivity contribution in [2.24, 2.45) is 0 Å². The second kappa shape index (κ2) is 6.14. The predicted molar refractivity (Wildman–Crippen MR) is 77.0 cm³/mol. The molecule has 1 aromatic carbocycles. The summed E-state index contributed by atoms with van der Waals surface area (Å²) in [6.45, 7) is 0.796. The minimum atomic E-state index is -0.274. The van der Waals surface area contributed by atoms with Crippen LogP contribution in [0.3, 0.4) is 0 Å². The van der Waals surface area contributed by atoms with Crippen LogP contribution in [0.15, 0.2) is 41.0 Å². The zero-order valence-corrected chi connectivity index (χ0v) is 11.5. The third-order valence-corrected chi connectivity index (χ3v) is 3.82. The molecule has 1 unspecified atom stereocenters. The molecule has 0 bridgehead atoms. The Hall–Kier alpha value is -1.74. The van der Waals surface area contributed by atoms with Gasteiger partial charge in [0.2, 0.25) is 0 Å². The molecule has 3 rings (SSSR count). The fourth-order valence-electron chi connectivity index (χ4n) is 2.64. The quantitative estimate of drug-likeness (QED) is 0.878. The normalized spacial score (nSPS) is 14.8. The third kappa shape index (κ3) is 3.23. The number of rotatable bonds is 6. The fraction of sp³-hybridized carbons (Fsp3) is 0.412. The number of benzene rings is 1. The lowest BCUT2D eigenvalue weighted by molar-refractivity contribution is 0.153. The van der Waals surface area contributed by atoms with Gasteiger partial charge in [-0.1, -0.05) is 12.1 Å². The van der Waals surface area contributed by atoms with E-state index in [0.717, 1.165) is 50.2 Å². The number of aryl methyl sites for hydroxylation is 2. The number of aliphatic hydroxyl groups excluding tert-OH is 1. The van der Waals surface area contributed by atoms with Gasteiger partial charge in [0, 0.05) is 12.8 Å². The van der Waals surface area contributed by atoms with Gasteiger partial charge in [-0.05, 0) is 48.6 Å². The zero-order chi connectivity index (χ0) is 13.8. The molecule has 0 saturated heterocycles. The summed E-state index contributed by atoms with van der Waals surface area (Å²) >= 11 is 0. The van der Waals surface area contributed by atoms with Crippen LogP contribution in [-0.4, -0.2) is 17.8 Å². The van der Waals surface area contributed by atoms with E-state index in [0.29, 0.717) is 0 Å². The van der Waals surface area contributed by atoms with E-state index in [2.05, 4.69) is 12.1 Å². The highest BCUT2D eigenvalue weighted by atomic mass is 16.5. The summed E-state index contributed by atoms with van der Waals surface area (Å²) in [5.74, 6) is 1.96. The van der Waals surface area contributed by atoms with Gasteiger partial charge in [0.05, 0.1) is 19.0 Å². The number of aliphatic hydroxyl groups is 1. The molecule has 1 aliphatic heterocycles. The standard InChI is InChI=1S/C17H20O3/c18-15(6-7-16-2-1-10-19-16)5-3-13-4-8-17-14(12-13)9-11-20-17/h1-2,4,8,10,12,15,18H,3,5-7,9,11H2. The smallest absolute Gasteiger partial charge is 0.122 e. The molecule has 0 fully saturated rings. The SMILES string of the molecule is OC(CCc1ccc2c(c1)CCO2)CCc1ccco1. The van der Waals surface area contributed by atoms with Crippen LogP contribution in [-0.2, 0) is 19.3 Å². The summed E-state index contributed by atoms with van der Waals surface area (Å²) in [4.78, 5) is 0. The molecule has 3 heteroatoms. The highest BCUT2D eigenvalue weighted by molar-refractivity contribution is 5.39. The van der Waals surface area contributed by atoms with Crippen LogP contribution in [0, 0.1) is 0 Å². The summed E-state index contributed by atoms with van der Waals surface area (Å²) in [6.07, 6.45) is 5.66. The highest BCUT2D eigenvalue weighted by Gasteiger charge is 2.12. The lowest BCUT2D eigenvalue weighted by atomic mass is 10.0.